The van der Waals surface area contributed by atoms with Crippen molar-refractivity contribution in [1.82, 2.24) is 5.32 Å². The lowest BCUT2D eigenvalue weighted by Gasteiger charge is -2.29. The van der Waals surface area contributed by atoms with Gasteiger partial charge in [0.15, 0.2) is 6.79 Å². The van der Waals surface area contributed by atoms with Crippen molar-refractivity contribution >= 4 is 18.3 Å². The Labute approximate surface area is 142 Å². The molecule has 23 heavy (non-hydrogen) atoms. The summed E-state index contributed by atoms with van der Waals surface area (Å²) in [6, 6.07) is 2.77. The van der Waals surface area contributed by atoms with Crippen LogP contribution in [-0.2, 0) is 22.7 Å². The van der Waals surface area contributed by atoms with E-state index in [-0.39, 0.29) is 44.0 Å². The summed E-state index contributed by atoms with van der Waals surface area (Å²) in [5, 5.41) is 2.86. The zero-order valence-corrected chi connectivity index (χ0v) is 14.3. The summed E-state index contributed by atoms with van der Waals surface area (Å²) < 4.78 is 24.3. The van der Waals surface area contributed by atoms with Gasteiger partial charge in [0, 0.05) is 24.2 Å². The van der Waals surface area contributed by atoms with Crippen LogP contribution < -0.4 is 15.8 Å². The number of halogens is 2. The fourth-order valence-electron chi connectivity index (χ4n) is 2.70. The first-order chi connectivity index (χ1) is 10.6. The summed E-state index contributed by atoms with van der Waals surface area (Å²) in [6.07, 6.45) is 1.33. The van der Waals surface area contributed by atoms with E-state index in [2.05, 4.69) is 5.32 Å². The van der Waals surface area contributed by atoms with Gasteiger partial charge in [-0.1, -0.05) is 13.8 Å². The molecule has 0 aromatic heterocycles. The van der Waals surface area contributed by atoms with Crippen molar-refractivity contribution in [3.8, 4) is 5.75 Å². The second kappa shape index (κ2) is 8.47. The van der Waals surface area contributed by atoms with Crippen molar-refractivity contribution < 1.29 is 18.7 Å². The molecule has 0 saturated carbocycles. The van der Waals surface area contributed by atoms with Crippen molar-refractivity contribution in [2.24, 2.45) is 11.1 Å². The van der Waals surface area contributed by atoms with Crippen molar-refractivity contribution in [1.29, 1.82) is 0 Å². The van der Waals surface area contributed by atoms with Gasteiger partial charge in [0.05, 0.1) is 12.0 Å². The lowest BCUT2D eigenvalue weighted by molar-refractivity contribution is -0.131. The van der Waals surface area contributed by atoms with Crippen LogP contribution >= 0.6 is 12.4 Å². The number of nitrogens with two attached hydrogens (primary N) is 1. The highest BCUT2D eigenvalue weighted by Gasteiger charge is 2.33. The zero-order chi connectivity index (χ0) is 16.2. The Morgan fingerprint density at radius 2 is 2.09 bits per heavy atom. The van der Waals surface area contributed by atoms with E-state index in [1.54, 1.807) is 0 Å². The van der Waals surface area contributed by atoms with Crippen molar-refractivity contribution in [3.05, 3.63) is 29.1 Å². The van der Waals surface area contributed by atoms with Gasteiger partial charge in [-0.2, -0.15) is 0 Å². The minimum Gasteiger partial charge on any atom is -0.467 e. The molecule has 0 bridgehead atoms. The molecule has 0 radical (unpaired) electrons. The highest BCUT2D eigenvalue weighted by atomic mass is 35.5. The first-order valence-electron chi connectivity index (χ1n) is 7.56. The molecule has 0 aliphatic carbocycles. The predicted molar refractivity (Wildman–Crippen MR) is 87.8 cm³/mol. The van der Waals surface area contributed by atoms with Crippen LogP contribution in [0.2, 0.25) is 0 Å². The quantitative estimate of drug-likeness (QED) is 0.830. The van der Waals surface area contributed by atoms with E-state index in [9.17, 15) is 9.18 Å². The minimum absolute atomic E-state index is 0. The van der Waals surface area contributed by atoms with Gasteiger partial charge in [-0.3, -0.25) is 4.79 Å². The summed E-state index contributed by atoms with van der Waals surface area (Å²) in [5.74, 6) is 0.123. The van der Waals surface area contributed by atoms with Crippen LogP contribution in [0.4, 0.5) is 4.39 Å². The minimum atomic E-state index is -0.572. The monoisotopic (exact) mass is 346 g/mol. The molecule has 1 aromatic carbocycles. The molecular weight excluding hydrogens is 323 g/mol. The number of carbonyl (C=O) groups excluding carboxylic acids is 1. The molecule has 1 aliphatic heterocycles. The molecule has 0 atom stereocenters. The van der Waals surface area contributed by atoms with Crippen LogP contribution in [0, 0.1) is 11.2 Å². The van der Waals surface area contributed by atoms with E-state index in [1.165, 1.54) is 12.1 Å². The largest absolute Gasteiger partial charge is 0.467 e. The molecule has 7 heteroatoms. The predicted octanol–water partition coefficient (Wildman–Crippen LogP) is 2.50. The maximum Gasteiger partial charge on any atom is 0.227 e. The first-order valence-corrected chi connectivity index (χ1v) is 7.56. The number of hydrogen-bond donors (Lipinski definition) is 2. The van der Waals surface area contributed by atoms with Crippen LogP contribution in [0.1, 0.15) is 37.8 Å². The number of nitrogens with one attached hydrogen (secondary N) is 1. The van der Waals surface area contributed by atoms with E-state index < -0.39 is 5.41 Å². The van der Waals surface area contributed by atoms with Gasteiger partial charge in [-0.05, 0) is 25.0 Å². The van der Waals surface area contributed by atoms with E-state index >= 15 is 0 Å². The molecule has 1 aromatic rings. The molecule has 0 fully saturated rings. The topological polar surface area (TPSA) is 73.6 Å². The summed E-state index contributed by atoms with van der Waals surface area (Å²) in [6.45, 7) is 4.83. The molecule has 0 unspecified atom stereocenters. The molecular formula is C16H24ClFN2O3. The Balaban J connectivity index is 0.00000264. The highest BCUT2D eigenvalue weighted by molar-refractivity contribution is 5.85. The van der Waals surface area contributed by atoms with Crippen LogP contribution in [0.5, 0.6) is 5.75 Å². The van der Waals surface area contributed by atoms with Gasteiger partial charge in [0.2, 0.25) is 5.91 Å². The number of benzene rings is 1. The molecule has 1 amide bonds. The number of ether oxygens (including phenoxy) is 2. The van der Waals surface area contributed by atoms with Gasteiger partial charge < -0.3 is 20.5 Å². The normalized spacial score (nSPS) is 13.6. The number of carbonyl (C=O) groups is 1. The van der Waals surface area contributed by atoms with Crippen molar-refractivity contribution in [2.75, 3.05) is 13.3 Å². The Morgan fingerprint density at radius 3 is 2.70 bits per heavy atom. The van der Waals surface area contributed by atoms with Crippen molar-refractivity contribution in [2.45, 2.75) is 39.8 Å². The maximum absolute atomic E-state index is 13.7. The van der Waals surface area contributed by atoms with E-state index in [0.717, 1.165) is 0 Å². The molecule has 3 N–H and O–H groups in total. The second-order valence-electron chi connectivity index (χ2n) is 5.54. The van der Waals surface area contributed by atoms with Gasteiger partial charge in [0.25, 0.3) is 0 Å². The average molecular weight is 347 g/mol. The first kappa shape index (κ1) is 19.7. The maximum atomic E-state index is 13.7. The summed E-state index contributed by atoms with van der Waals surface area (Å²) >= 11 is 0. The number of rotatable bonds is 6. The third-order valence-corrected chi connectivity index (χ3v) is 4.42. The Hall–Kier alpha value is -1.37. The second-order valence-corrected chi connectivity index (χ2v) is 5.54. The zero-order valence-electron chi connectivity index (χ0n) is 13.5. The third kappa shape index (κ3) is 4.13. The van der Waals surface area contributed by atoms with Gasteiger partial charge in [-0.25, -0.2) is 4.39 Å². The third-order valence-electron chi connectivity index (χ3n) is 4.42. The highest BCUT2D eigenvalue weighted by Crippen LogP contribution is 2.30. The van der Waals surface area contributed by atoms with Crippen LogP contribution in [0.15, 0.2) is 12.1 Å². The van der Waals surface area contributed by atoms with Crippen LogP contribution in [0.25, 0.3) is 0 Å². The number of amides is 1. The summed E-state index contributed by atoms with van der Waals surface area (Å²) in [5.41, 5.74) is 6.47. The van der Waals surface area contributed by atoms with Gasteiger partial charge >= 0.3 is 0 Å². The molecule has 130 valence electrons. The standard InChI is InChI=1S/C16H23FN2O3.ClH/c1-3-16(4-2,9-18)15(20)19-7-11-5-13(17)6-12-8-21-10-22-14(11)12;/h5-6H,3-4,7-10,18H2,1-2H3,(H,19,20);1H. The SMILES string of the molecule is CCC(CC)(CN)C(=O)NCc1cc(F)cc2c1OCOC2.Cl. The van der Waals surface area contributed by atoms with Gasteiger partial charge in [-0.15, -0.1) is 12.4 Å². The smallest absolute Gasteiger partial charge is 0.227 e. The number of hydrogen-bond acceptors (Lipinski definition) is 4. The van der Waals surface area contributed by atoms with E-state index in [4.69, 9.17) is 15.2 Å². The van der Waals surface area contributed by atoms with Gasteiger partial charge in [0.1, 0.15) is 11.6 Å². The van der Waals surface area contributed by atoms with E-state index in [1.807, 2.05) is 13.8 Å². The number of fused-ring (bicyclic) bond motifs is 1. The Morgan fingerprint density at radius 1 is 1.39 bits per heavy atom. The lowest BCUT2D eigenvalue weighted by Crippen LogP contribution is -2.45. The lowest BCUT2D eigenvalue weighted by atomic mass is 9.81. The molecule has 1 aliphatic rings. The summed E-state index contributed by atoms with van der Waals surface area (Å²) in [4.78, 5) is 12.4. The average Bonchev–Trinajstić information content (AvgIpc) is 2.54. The molecule has 0 saturated heterocycles. The molecule has 2 rings (SSSR count). The Kier molecular flexibility index (Phi) is 7.25. The van der Waals surface area contributed by atoms with Crippen LogP contribution in [0.3, 0.4) is 0 Å². The van der Waals surface area contributed by atoms with E-state index in [0.29, 0.717) is 36.3 Å². The van der Waals surface area contributed by atoms with Crippen molar-refractivity contribution in [3.63, 3.8) is 0 Å². The molecule has 0 spiro atoms. The fraction of sp³-hybridized carbons (Fsp3) is 0.562. The fourth-order valence-corrected chi connectivity index (χ4v) is 2.70. The van der Waals surface area contributed by atoms with Crippen LogP contribution in [-0.4, -0.2) is 19.2 Å². The summed E-state index contributed by atoms with van der Waals surface area (Å²) in [7, 11) is 0. The Bertz CT molecular complexity index is 542. The molecule has 5 nitrogen and oxygen atoms in total. The molecule has 1 heterocycles.